The predicted molar refractivity (Wildman–Crippen MR) is 77.1 cm³/mol. The molecule has 0 amide bonds. The third kappa shape index (κ3) is 13.4. The third-order valence-corrected chi connectivity index (χ3v) is 2.68. The molecule has 0 heterocycles. The van der Waals surface area contributed by atoms with Gasteiger partial charge in [-0.1, -0.05) is 49.5 Å². The van der Waals surface area contributed by atoms with Gasteiger partial charge in [-0.15, -0.1) is 0 Å². The van der Waals surface area contributed by atoms with E-state index in [0.29, 0.717) is 0 Å². The van der Waals surface area contributed by atoms with Gasteiger partial charge < -0.3 is 4.74 Å². The Hall–Kier alpha value is -0.560. The summed E-state index contributed by atoms with van der Waals surface area (Å²) in [4.78, 5) is 0. The van der Waals surface area contributed by atoms with Crippen LogP contribution in [0.5, 0.6) is 0 Å². The van der Waals surface area contributed by atoms with Gasteiger partial charge in [0.05, 0.1) is 6.61 Å². The van der Waals surface area contributed by atoms with E-state index in [2.05, 4.69) is 39.8 Å². The summed E-state index contributed by atoms with van der Waals surface area (Å²) in [5.41, 5.74) is 2.83. The topological polar surface area (TPSA) is 9.23 Å². The van der Waals surface area contributed by atoms with E-state index in [-0.39, 0.29) is 0 Å². The van der Waals surface area contributed by atoms with Gasteiger partial charge in [0.25, 0.3) is 0 Å². The Kier molecular flexibility index (Phi) is 11.5. The Bertz CT molecular complexity index is 222. The smallest absolute Gasteiger partial charge is 0.0649 e. The molecule has 1 nitrogen and oxygen atoms in total. The van der Waals surface area contributed by atoms with E-state index in [1.54, 1.807) is 0 Å². The van der Waals surface area contributed by atoms with E-state index < -0.39 is 0 Å². The monoisotopic (exact) mass is 237 g/mol. The zero-order valence-corrected chi connectivity index (χ0v) is 11.9. The zero-order valence-electron chi connectivity index (χ0n) is 11.9. The van der Waals surface area contributed by atoms with E-state index >= 15 is 0 Å². The molecule has 17 heavy (non-hydrogen) atoms. The first kappa shape index (κ1) is 16.4. The normalized spacial score (nSPS) is 11.6. The highest BCUT2D eigenvalue weighted by Gasteiger charge is 1.90. The lowest BCUT2D eigenvalue weighted by atomic mass is 10.1. The lowest BCUT2D eigenvalue weighted by molar-refractivity contribution is 0.157. The Morgan fingerprint density at radius 1 is 1.06 bits per heavy atom. The van der Waals surface area contributed by atoms with Crippen LogP contribution in [-0.4, -0.2) is 13.2 Å². The molecule has 0 aliphatic rings. The molecule has 0 fully saturated rings. The second kappa shape index (κ2) is 11.9. The Balaban J connectivity index is 3.40. The van der Waals surface area contributed by atoms with Crippen LogP contribution in [0.2, 0.25) is 0 Å². The number of hydrogen-bond acceptors (Lipinski definition) is 1. The first-order valence-electron chi connectivity index (χ1n) is 6.82. The van der Waals surface area contributed by atoms with E-state index in [4.69, 9.17) is 4.74 Å². The summed E-state index contributed by atoms with van der Waals surface area (Å²) in [6, 6.07) is 0. The van der Waals surface area contributed by atoms with Crippen LogP contribution in [0.3, 0.4) is 0 Å². The van der Waals surface area contributed by atoms with Gasteiger partial charge in [-0.25, -0.2) is 0 Å². The Labute approximate surface area is 108 Å². The minimum Gasteiger partial charge on any atom is -0.377 e. The summed E-state index contributed by atoms with van der Waals surface area (Å²) in [7, 11) is 0. The maximum atomic E-state index is 5.57. The van der Waals surface area contributed by atoms with Crippen LogP contribution < -0.4 is 0 Å². The second-order valence-corrected chi connectivity index (χ2v) is 4.86. The fourth-order valence-corrected chi connectivity index (χ4v) is 1.53. The molecule has 0 aromatic rings. The van der Waals surface area contributed by atoms with Gasteiger partial charge in [0, 0.05) is 6.61 Å². The molecule has 0 rings (SSSR count). The molecule has 0 aromatic heterocycles. The molecule has 0 N–H and O–H groups in total. The van der Waals surface area contributed by atoms with Crippen molar-refractivity contribution in [1.82, 2.24) is 0 Å². The van der Waals surface area contributed by atoms with Crippen LogP contribution in [0.25, 0.3) is 0 Å². The molecule has 0 saturated carbocycles. The van der Waals surface area contributed by atoms with Gasteiger partial charge >= 0.3 is 0 Å². The van der Waals surface area contributed by atoms with Crippen molar-refractivity contribution in [2.75, 3.05) is 13.2 Å². The highest BCUT2D eigenvalue weighted by atomic mass is 16.5. The number of hydrogen-bond donors (Lipinski definition) is 0. The molecule has 0 saturated heterocycles. The lowest BCUT2D eigenvalue weighted by Gasteiger charge is -2.02. The van der Waals surface area contributed by atoms with Crippen LogP contribution in [0.15, 0.2) is 23.3 Å². The molecular formula is C16H29O. The lowest BCUT2D eigenvalue weighted by Crippen LogP contribution is -1.95. The van der Waals surface area contributed by atoms with E-state index in [0.717, 1.165) is 32.5 Å². The molecule has 0 atom stereocenters. The summed E-state index contributed by atoms with van der Waals surface area (Å²) in [5.74, 6) is 0. The highest BCUT2D eigenvalue weighted by molar-refractivity contribution is 5.02. The molecule has 1 heteroatoms. The zero-order chi connectivity index (χ0) is 12.9. The summed E-state index contributed by atoms with van der Waals surface area (Å²) in [6.45, 7) is 12.0. The van der Waals surface area contributed by atoms with Crippen molar-refractivity contribution >= 4 is 0 Å². The SMILES string of the molecule is [CH2]CCCCCOC/C=C(\C)CCC=C(C)C. The Morgan fingerprint density at radius 2 is 1.82 bits per heavy atom. The molecule has 0 aliphatic heterocycles. The van der Waals surface area contributed by atoms with Gasteiger partial charge in [-0.05, 0) is 40.0 Å². The average molecular weight is 237 g/mol. The van der Waals surface area contributed by atoms with Gasteiger partial charge in [-0.2, -0.15) is 0 Å². The summed E-state index contributed by atoms with van der Waals surface area (Å²) < 4.78 is 5.57. The molecule has 0 aliphatic carbocycles. The molecule has 0 aromatic carbocycles. The van der Waals surface area contributed by atoms with Gasteiger partial charge in [0.2, 0.25) is 0 Å². The quantitative estimate of drug-likeness (QED) is 0.380. The summed E-state index contributed by atoms with van der Waals surface area (Å²) in [5, 5.41) is 0. The van der Waals surface area contributed by atoms with E-state index in [9.17, 15) is 0 Å². The molecule has 0 spiro atoms. The minimum absolute atomic E-state index is 0.769. The van der Waals surface area contributed by atoms with Crippen LogP contribution in [0, 0.1) is 6.92 Å². The summed E-state index contributed by atoms with van der Waals surface area (Å²) in [6.07, 6.45) is 11.5. The predicted octanol–water partition coefficient (Wildman–Crippen LogP) is 5.09. The maximum Gasteiger partial charge on any atom is 0.0649 e. The molecule has 0 unspecified atom stereocenters. The van der Waals surface area contributed by atoms with Crippen LogP contribution in [0.4, 0.5) is 0 Å². The van der Waals surface area contributed by atoms with Crippen LogP contribution in [0.1, 0.15) is 59.3 Å². The number of allylic oxidation sites excluding steroid dienone is 3. The first-order valence-corrected chi connectivity index (χ1v) is 6.82. The van der Waals surface area contributed by atoms with Gasteiger partial charge in [0.15, 0.2) is 0 Å². The van der Waals surface area contributed by atoms with Crippen LogP contribution >= 0.6 is 0 Å². The largest absolute Gasteiger partial charge is 0.377 e. The minimum atomic E-state index is 0.769. The fourth-order valence-electron chi connectivity index (χ4n) is 1.53. The number of rotatable bonds is 10. The first-order chi connectivity index (χ1) is 8.16. The molecular weight excluding hydrogens is 208 g/mol. The Morgan fingerprint density at radius 3 is 2.47 bits per heavy atom. The standard InChI is InChI=1S/C16H29O/c1-5-6-7-8-13-17-14-12-16(4)11-9-10-15(2)3/h10,12H,1,5-9,11,13-14H2,2-4H3/b16-12+. The fraction of sp³-hybridized carbons (Fsp3) is 0.688. The third-order valence-electron chi connectivity index (χ3n) is 2.68. The van der Waals surface area contributed by atoms with Crippen LogP contribution in [-0.2, 0) is 4.74 Å². The van der Waals surface area contributed by atoms with Crippen molar-refractivity contribution in [2.24, 2.45) is 0 Å². The van der Waals surface area contributed by atoms with Crippen molar-refractivity contribution in [3.05, 3.63) is 30.2 Å². The molecule has 0 bridgehead atoms. The highest BCUT2D eigenvalue weighted by Crippen LogP contribution is 2.06. The van der Waals surface area contributed by atoms with Crippen molar-refractivity contribution < 1.29 is 4.74 Å². The number of unbranched alkanes of at least 4 members (excludes halogenated alkanes) is 3. The van der Waals surface area contributed by atoms with Crippen molar-refractivity contribution in [3.63, 3.8) is 0 Å². The molecule has 99 valence electrons. The maximum absolute atomic E-state index is 5.57. The number of ether oxygens (including phenoxy) is 1. The van der Waals surface area contributed by atoms with E-state index in [1.807, 2.05) is 0 Å². The second-order valence-electron chi connectivity index (χ2n) is 4.86. The van der Waals surface area contributed by atoms with Crippen molar-refractivity contribution in [3.8, 4) is 0 Å². The van der Waals surface area contributed by atoms with Gasteiger partial charge in [-0.3, -0.25) is 0 Å². The van der Waals surface area contributed by atoms with Crippen molar-refractivity contribution in [2.45, 2.75) is 59.3 Å². The van der Waals surface area contributed by atoms with E-state index in [1.165, 1.54) is 30.4 Å². The summed E-state index contributed by atoms with van der Waals surface area (Å²) >= 11 is 0. The molecule has 1 radical (unpaired) electrons. The van der Waals surface area contributed by atoms with Crippen molar-refractivity contribution in [1.29, 1.82) is 0 Å². The van der Waals surface area contributed by atoms with Gasteiger partial charge in [0.1, 0.15) is 0 Å². The average Bonchev–Trinajstić information content (AvgIpc) is 2.27.